The minimum atomic E-state index is -0.225. The van der Waals surface area contributed by atoms with E-state index in [9.17, 15) is 4.79 Å². The van der Waals surface area contributed by atoms with E-state index in [1.807, 2.05) is 26.0 Å². The van der Waals surface area contributed by atoms with E-state index in [-0.39, 0.29) is 12.0 Å². The summed E-state index contributed by atoms with van der Waals surface area (Å²) in [7, 11) is 0. The predicted molar refractivity (Wildman–Crippen MR) is 116 cm³/mol. The fourth-order valence-electron chi connectivity index (χ4n) is 3.07. The fourth-order valence-corrected chi connectivity index (χ4v) is 4.18. The molecule has 0 saturated heterocycles. The van der Waals surface area contributed by atoms with Crippen molar-refractivity contribution in [1.29, 1.82) is 0 Å². The molecule has 2 aromatic carbocycles. The van der Waals surface area contributed by atoms with Gasteiger partial charge in [0.05, 0.1) is 16.3 Å². The highest BCUT2D eigenvalue weighted by molar-refractivity contribution is 7.16. The van der Waals surface area contributed by atoms with Gasteiger partial charge in [-0.2, -0.15) is 4.99 Å². The molecule has 5 heteroatoms. The maximum atomic E-state index is 12.7. The zero-order valence-electron chi connectivity index (χ0n) is 17.2. The predicted octanol–water partition coefficient (Wildman–Crippen LogP) is 5.76. The molecule has 0 spiro atoms. The standard InChI is InChI=1S/C23H28N2O2S/c1-6-13-25-20-12-9-18(15(2)3)14-21(20)28-23(25)24-22(26)17-7-10-19(11-8-17)27-16(4)5/h7-12,14-16H,6,13H2,1-5H3. The molecule has 0 bridgehead atoms. The van der Waals surface area contributed by atoms with Crippen LogP contribution in [0.4, 0.5) is 0 Å². The van der Waals surface area contributed by atoms with Crippen LogP contribution in [0.1, 0.15) is 62.9 Å². The topological polar surface area (TPSA) is 43.6 Å². The van der Waals surface area contributed by atoms with Crippen LogP contribution in [0.25, 0.3) is 10.2 Å². The summed E-state index contributed by atoms with van der Waals surface area (Å²) in [6.45, 7) is 11.3. The molecule has 3 aromatic rings. The van der Waals surface area contributed by atoms with Crippen molar-refractivity contribution in [2.45, 2.75) is 59.6 Å². The van der Waals surface area contributed by atoms with Crippen molar-refractivity contribution in [2.24, 2.45) is 4.99 Å². The third kappa shape index (κ3) is 4.53. The number of amides is 1. The number of carbonyl (C=O) groups excluding carboxylic acids is 1. The molecule has 3 rings (SSSR count). The average Bonchev–Trinajstić information content (AvgIpc) is 2.98. The minimum Gasteiger partial charge on any atom is -0.491 e. The number of aryl methyl sites for hydroxylation is 1. The average molecular weight is 397 g/mol. The highest BCUT2D eigenvalue weighted by Gasteiger charge is 2.11. The smallest absolute Gasteiger partial charge is 0.279 e. The summed E-state index contributed by atoms with van der Waals surface area (Å²) in [6.07, 6.45) is 1.09. The third-order valence-electron chi connectivity index (χ3n) is 4.49. The monoisotopic (exact) mass is 396 g/mol. The fraction of sp³-hybridized carbons (Fsp3) is 0.391. The molecule has 0 unspecified atom stereocenters. The Hall–Kier alpha value is -2.40. The van der Waals surface area contributed by atoms with Gasteiger partial charge in [-0.1, -0.05) is 38.2 Å². The lowest BCUT2D eigenvalue weighted by Crippen LogP contribution is -2.16. The Morgan fingerprint density at radius 3 is 2.43 bits per heavy atom. The summed E-state index contributed by atoms with van der Waals surface area (Å²) < 4.78 is 8.97. The molecule has 1 aromatic heterocycles. The number of aromatic nitrogens is 1. The zero-order chi connectivity index (χ0) is 20.3. The molecular weight excluding hydrogens is 368 g/mol. The number of carbonyl (C=O) groups is 1. The largest absolute Gasteiger partial charge is 0.491 e. The number of ether oxygens (including phenoxy) is 1. The summed E-state index contributed by atoms with van der Waals surface area (Å²) in [5.41, 5.74) is 3.01. The number of rotatable bonds is 6. The van der Waals surface area contributed by atoms with E-state index in [1.54, 1.807) is 23.5 Å². The lowest BCUT2D eigenvalue weighted by atomic mass is 10.0. The maximum Gasteiger partial charge on any atom is 0.279 e. The van der Waals surface area contributed by atoms with Gasteiger partial charge in [0.1, 0.15) is 5.75 Å². The summed E-state index contributed by atoms with van der Waals surface area (Å²) in [6, 6.07) is 13.7. The van der Waals surface area contributed by atoms with E-state index in [0.29, 0.717) is 11.5 Å². The number of fused-ring (bicyclic) bond motifs is 1. The van der Waals surface area contributed by atoms with Gasteiger partial charge in [-0.25, -0.2) is 0 Å². The second-order valence-electron chi connectivity index (χ2n) is 7.53. The van der Waals surface area contributed by atoms with E-state index < -0.39 is 0 Å². The second kappa shape index (κ2) is 8.74. The van der Waals surface area contributed by atoms with Crippen LogP contribution < -0.4 is 9.54 Å². The highest BCUT2D eigenvalue weighted by atomic mass is 32.1. The number of thiazole rings is 1. The molecule has 4 nitrogen and oxygen atoms in total. The van der Waals surface area contributed by atoms with Gasteiger partial charge in [0.2, 0.25) is 0 Å². The number of hydrogen-bond donors (Lipinski definition) is 0. The first-order valence-electron chi connectivity index (χ1n) is 9.88. The van der Waals surface area contributed by atoms with Crippen molar-refractivity contribution in [3.05, 3.63) is 58.4 Å². The molecule has 0 N–H and O–H groups in total. The van der Waals surface area contributed by atoms with Crippen molar-refractivity contribution < 1.29 is 9.53 Å². The van der Waals surface area contributed by atoms with E-state index in [2.05, 4.69) is 48.5 Å². The van der Waals surface area contributed by atoms with Crippen molar-refractivity contribution in [2.75, 3.05) is 0 Å². The Morgan fingerprint density at radius 1 is 1.11 bits per heavy atom. The van der Waals surface area contributed by atoms with Gasteiger partial charge in [-0.05, 0) is 68.1 Å². The number of hydrogen-bond acceptors (Lipinski definition) is 3. The van der Waals surface area contributed by atoms with Crippen molar-refractivity contribution in [3.63, 3.8) is 0 Å². The third-order valence-corrected chi connectivity index (χ3v) is 5.53. The summed E-state index contributed by atoms with van der Waals surface area (Å²) in [5, 5.41) is 0. The van der Waals surface area contributed by atoms with Crippen molar-refractivity contribution >= 4 is 27.5 Å². The molecule has 0 atom stereocenters. The summed E-state index contributed by atoms with van der Waals surface area (Å²) in [4.78, 5) is 17.9. The molecule has 1 amide bonds. The zero-order valence-corrected chi connectivity index (χ0v) is 18.0. The maximum absolute atomic E-state index is 12.7. The first kappa shape index (κ1) is 20.3. The van der Waals surface area contributed by atoms with Gasteiger partial charge >= 0.3 is 0 Å². The highest BCUT2D eigenvalue weighted by Crippen LogP contribution is 2.24. The molecule has 28 heavy (non-hydrogen) atoms. The normalized spacial score (nSPS) is 12.3. The van der Waals surface area contributed by atoms with Crippen LogP contribution in [0.3, 0.4) is 0 Å². The first-order valence-corrected chi connectivity index (χ1v) is 10.7. The van der Waals surface area contributed by atoms with Crippen LogP contribution in [0.15, 0.2) is 47.5 Å². The minimum absolute atomic E-state index is 0.105. The SMILES string of the molecule is CCCn1c(=NC(=O)c2ccc(OC(C)C)cc2)sc2cc(C(C)C)ccc21. The lowest BCUT2D eigenvalue weighted by Gasteiger charge is -2.09. The van der Waals surface area contributed by atoms with E-state index in [1.165, 1.54) is 10.3 Å². The summed E-state index contributed by atoms with van der Waals surface area (Å²) >= 11 is 1.58. The molecule has 148 valence electrons. The molecule has 0 aliphatic heterocycles. The van der Waals surface area contributed by atoms with Crippen LogP contribution in [0.5, 0.6) is 5.75 Å². The Kier molecular flexibility index (Phi) is 6.35. The van der Waals surface area contributed by atoms with Crippen LogP contribution in [-0.2, 0) is 6.54 Å². The van der Waals surface area contributed by atoms with Crippen LogP contribution >= 0.6 is 11.3 Å². The molecule has 0 aliphatic rings. The Bertz CT molecular complexity index is 1030. The van der Waals surface area contributed by atoms with E-state index >= 15 is 0 Å². The van der Waals surface area contributed by atoms with Gasteiger partial charge in [-0.3, -0.25) is 4.79 Å². The van der Waals surface area contributed by atoms with Gasteiger partial charge in [0.25, 0.3) is 5.91 Å². The van der Waals surface area contributed by atoms with E-state index in [0.717, 1.165) is 29.0 Å². The Balaban J connectivity index is 1.99. The molecule has 0 radical (unpaired) electrons. The first-order chi connectivity index (χ1) is 13.4. The van der Waals surface area contributed by atoms with Crippen molar-refractivity contribution in [3.8, 4) is 5.75 Å². The van der Waals surface area contributed by atoms with Gasteiger partial charge < -0.3 is 9.30 Å². The molecular formula is C23H28N2O2S. The quantitative estimate of drug-likeness (QED) is 0.531. The number of benzene rings is 2. The van der Waals surface area contributed by atoms with Crippen LogP contribution in [0.2, 0.25) is 0 Å². The van der Waals surface area contributed by atoms with Gasteiger partial charge in [0.15, 0.2) is 4.80 Å². The van der Waals surface area contributed by atoms with Crippen LogP contribution in [-0.4, -0.2) is 16.6 Å². The van der Waals surface area contributed by atoms with Gasteiger partial charge in [0, 0.05) is 12.1 Å². The Morgan fingerprint density at radius 2 is 1.82 bits per heavy atom. The molecule has 0 saturated carbocycles. The van der Waals surface area contributed by atoms with Crippen molar-refractivity contribution in [1.82, 2.24) is 4.57 Å². The molecule has 1 heterocycles. The molecule has 0 fully saturated rings. The van der Waals surface area contributed by atoms with Crippen LogP contribution in [0, 0.1) is 0 Å². The van der Waals surface area contributed by atoms with Gasteiger partial charge in [-0.15, -0.1) is 0 Å². The van der Waals surface area contributed by atoms with E-state index in [4.69, 9.17) is 4.74 Å². The summed E-state index contributed by atoms with van der Waals surface area (Å²) in [5.74, 6) is 1.01. The second-order valence-corrected chi connectivity index (χ2v) is 8.54. The Labute approximate surface area is 170 Å². The molecule has 0 aliphatic carbocycles. The lowest BCUT2D eigenvalue weighted by molar-refractivity contribution is 0.0998. The number of nitrogens with zero attached hydrogens (tertiary/aromatic N) is 2.